The van der Waals surface area contributed by atoms with Crippen molar-refractivity contribution in [1.82, 2.24) is 0 Å². The fourth-order valence-corrected chi connectivity index (χ4v) is 0.708. The van der Waals surface area contributed by atoms with E-state index in [9.17, 15) is 0 Å². The summed E-state index contributed by atoms with van der Waals surface area (Å²) in [5.41, 5.74) is 0. The van der Waals surface area contributed by atoms with E-state index in [4.69, 9.17) is 15.3 Å². The van der Waals surface area contributed by atoms with Gasteiger partial charge in [-0.15, -0.1) is 0 Å². The molecular weight excluding hydrogens is 120 g/mol. The Hall–Kier alpha value is -0.120. The average Bonchev–Trinajstić information content (AvgIpc) is 1.64. The van der Waals surface area contributed by atoms with Crippen molar-refractivity contribution in [1.29, 1.82) is 0 Å². The summed E-state index contributed by atoms with van der Waals surface area (Å²) in [6, 6.07) is 0. The quantitative estimate of drug-likeness (QED) is 0.481. The van der Waals surface area contributed by atoms with E-state index in [0.717, 1.165) is 0 Å². The van der Waals surface area contributed by atoms with Gasteiger partial charge in [0.25, 0.3) is 0 Å². The smallest absolute Gasteiger partial charge is 0.0586 e. The first-order valence-corrected chi connectivity index (χ1v) is 3.06. The van der Waals surface area contributed by atoms with Gasteiger partial charge in [-0.25, -0.2) is 0 Å². The molecule has 0 rings (SSSR count). The second-order valence-corrected chi connectivity index (χ2v) is 2.33. The summed E-state index contributed by atoms with van der Waals surface area (Å²) in [6.07, 6.45) is -1.29. The van der Waals surface area contributed by atoms with Gasteiger partial charge in [-0.1, -0.05) is 0 Å². The van der Waals surface area contributed by atoms with E-state index in [1.807, 2.05) is 0 Å². The summed E-state index contributed by atoms with van der Waals surface area (Å²) in [5.74, 6) is -0.412. The first kappa shape index (κ1) is 8.88. The Balaban J connectivity index is 3.68. The van der Waals surface area contributed by atoms with Crippen LogP contribution in [0.5, 0.6) is 0 Å². The zero-order valence-electron chi connectivity index (χ0n) is 5.78. The Morgan fingerprint density at radius 2 is 1.44 bits per heavy atom. The molecule has 3 nitrogen and oxygen atoms in total. The molecule has 0 radical (unpaired) electrons. The molecule has 3 N–H and O–H groups in total. The standard InChI is InChI=1S/C6H14O3/c1-4(8)6(3-7)5(2)9/h4-9H,3H2,1-2H3. The second-order valence-electron chi connectivity index (χ2n) is 2.33. The van der Waals surface area contributed by atoms with E-state index in [1.165, 1.54) is 0 Å². The van der Waals surface area contributed by atoms with Crippen LogP contribution in [0.3, 0.4) is 0 Å². The minimum atomic E-state index is -0.644. The van der Waals surface area contributed by atoms with Crippen molar-refractivity contribution in [3.05, 3.63) is 0 Å². The zero-order chi connectivity index (χ0) is 7.44. The monoisotopic (exact) mass is 134 g/mol. The van der Waals surface area contributed by atoms with Crippen LogP contribution in [-0.2, 0) is 0 Å². The van der Waals surface area contributed by atoms with Gasteiger partial charge in [0, 0.05) is 5.92 Å². The molecule has 0 aliphatic heterocycles. The Kier molecular flexibility index (Phi) is 3.77. The molecule has 0 fully saturated rings. The van der Waals surface area contributed by atoms with E-state index >= 15 is 0 Å². The van der Waals surface area contributed by atoms with Crippen LogP contribution < -0.4 is 0 Å². The Morgan fingerprint density at radius 3 is 1.44 bits per heavy atom. The third-order valence-corrected chi connectivity index (χ3v) is 1.45. The first-order chi connectivity index (χ1) is 4.09. The van der Waals surface area contributed by atoms with Gasteiger partial charge in [0.05, 0.1) is 18.8 Å². The maximum Gasteiger partial charge on any atom is 0.0586 e. The molecule has 0 amide bonds. The van der Waals surface area contributed by atoms with Crippen molar-refractivity contribution < 1.29 is 15.3 Å². The molecule has 0 bridgehead atoms. The van der Waals surface area contributed by atoms with Crippen molar-refractivity contribution in [2.45, 2.75) is 26.1 Å². The fraction of sp³-hybridized carbons (Fsp3) is 1.00. The number of hydrogen-bond acceptors (Lipinski definition) is 3. The van der Waals surface area contributed by atoms with Gasteiger partial charge >= 0.3 is 0 Å². The van der Waals surface area contributed by atoms with E-state index in [-0.39, 0.29) is 6.61 Å². The lowest BCUT2D eigenvalue weighted by atomic mass is 10.00. The Bertz CT molecular complexity index is 62.7. The number of aliphatic hydroxyl groups excluding tert-OH is 3. The third kappa shape index (κ3) is 2.79. The SMILES string of the molecule is CC(O)C(CO)C(C)O. The Morgan fingerprint density at radius 1 is 1.11 bits per heavy atom. The highest BCUT2D eigenvalue weighted by molar-refractivity contribution is 4.68. The summed E-state index contributed by atoms with van der Waals surface area (Å²) >= 11 is 0. The van der Waals surface area contributed by atoms with Crippen molar-refractivity contribution in [2.75, 3.05) is 6.61 Å². The molecule has 3 heteroatoms. The van der Waals surface area contributed by atoms with Crippen LogP contribution in [0.15, 0.2) is 0 Å². The molecule has 56 valence electrons. The van der Waals surface area contributed by atoms with Gasteiger partial charge in [-0.3, -0.25) is 0 Å². The minimum Gasteiger partial charge on any atom is -0.396 e. The molecule has 9 heavy (non-hydrogen) atoms. The molecule has 0 aliphatic rings. The average molecular weight is 134 g/mol. The van der Waals surface area contributed by atoms with Gasteiger partial charge in [0.2, 0.25) is 0 Å². The largest absolute Gasteiger partial charge is 0.396 e. The normalized spacial score (nSPS) is 21.0. The first-order valence-electron chi connectivity index (χ1n) is 3.06. The maximum atomic E-state index is 8.86. The van der Waals surface area contributed by atoms with Crippen LogP contribution in [0.4, 0.5) is 0 Å². The van der Waals surface area contributed by atoms with Gasteiger partial charge < -0.3 is 15.3 Å². The molecule has 0 aromatic carbocycles. The minimum absolute atomic E-state index is 0.171. The van der Waals surface area contributed by atoms with Gasteiger partial charge in [0.15, 0.2) is 0 Å². The van der Waals surface area contributed by atoms with E-state index in [2.05, 4.69) is 0 Å². The van der Waals surface area contributed by atoms with Crippen molar-refractivity contribution in [3.8, 4) is 0 Å². The molecule has 2 unspecified atom stereocenters. The summed E-state index contributed by atoms with van der Waals surface area (Å²) < 4.78 is 0. The second kappa shape index (κ2) is 3.82. The van der Waals surface area contributed by atoms with Gasteiger partial charge in [-0.2, -0.15) is 0 Å². The lowest BCUT2D eigenvalue weighted by Crippen LogP contribution is -2.30. The van der Waals surface area contributed by atoms with Crippen molar-refractivity contribution >= 4 is 0 Å². The highest BCUT2D eigenvalue weighted by Crippen LogP contribution is 2.06. The lowest BCUT2D eigenvalue weighted by molar-refractivity contribution is 0.000560. The van der Waals surface area contributed by atoms with E-state index in [0.29, 0.717) is 0 Å². The third-order valence-electron chi connectivity index (χ3n) is 1.45. The van der Waals surface area contributed by atoms with E-state index < -0.39 is 18.1 Å². The predicted octanol–water partition coefficient (Wildman–Crippen LogP) is -0.644. The lowest BCUT2D eigenvalue weighted by Gasteiger charge is -2.19. The molecule has 0 saturated carbocycles. The fourth-order valence-electron chi connectivity index (χ4n) is 0.708. The molecule has 0 spiro atoms. The summed E-state index contributed by atoms with van der Waals surface area (Å²) in [7, 11) is 0. The number of hydrogen-bond donors (Lipinski definition) is 3. The van der Waals surface area contributed by atoms with Crippen LogP contribution in [0.25, 0.3) is 0 Å². The summed E-state index contributed by atoms with van der Waals surface area (Å²) in [6.45, 7) is 2.93. The Labute approximate surface area is 54.9 Å². The van der Waals surface area contributed by atoms with Crippen LogP contribution in [0.1, 0.15) is 13.8 Å². The topological polar surface area (TPSA) is 60.7 Å². The van der Waals surface area contributed by atoms with Crippen LogP contribution in [0.2, 0.25) is 0 Å². The van der Waals surface area contributed by atoms with Crippen LogP contribution in [-0.4, -0.2) is 34.1 Å². The molecular formula is C6H14O3. The molecule has 0 aliphatic carbocycles. The van der Waals surface area contributed by atoms with Gasteiger partial charge in [0.1, 0.15) is 0 Å². The molecule has 0 aromatic rings. The highest BCUT2D eigenvalue weighted by Gasteiger charge is 2.18. The number of aliphatic hydroxyl groups is 3. The van der Waals surface area contributed by atoms with Crippen molar-refractivity contribution in [2.24, 2.45) is 5.92 Å². The highest BCUT2D eigenvalue weighted by atomic mass is 16.3. The van der Waals surface area contributed by atoms with Crippen LogP contribution >= 0.6 is 0 Å². The zero-order valence-corrected chi connectivity index (χ0v) is 5.78. The van der Waals surface area contributed by atoms with Gasteiger partial charge in [-0.05, 0) is 13.8 Å². The summed E-state index contributed by atoms with van der Waals surface area (Å²) in [5, 5.41) is 26.3. The maximum absolute atomic E-state index is 8.86. The van der Waals surface area contributed by atoms with Crippen LogP contribution in [0, 0.1) is 5.92 Å². The van der Waals surface area contributed by atoms with Crippen molar-refractivity contribution in [3.63, 3.8) is 0 Å². The van der Waals surface area contributed by atoms with E-state index in [1.54, 1.807) is 13.8 Å². The molecule has 0 heterocycles. The number of rotatable bonds is 3. The molecule has 0 aromatic heterocycles. The summed E-state index contributed by atoms with van der Waals surface area (Å²) in [4.78, 5) is 0. The molecule has 2 atom stereocenters. The predicted molar refractivity (Wildman–Crippen MR) is 33.9 cm³/mol. The molecule has 0 saturated heterocycles.